The second-order valence-corrected chi connectivity index (χ2v) is 7.51. The third-order valence-electron chi connectivity index (χ3n) is 5.34. The van der Waals surface area contributed by atoms with Crippen LogP contribution in [-0.2, 0) is 11.2 Å². The van der Waals surface area contributed by atoms with Gasteiger partial charge in [0.25, 0.3) is 5.91 Å². The van der Waals surface area contributed by atoms with Gasteiger partial charge in [-0.2, -0.15) is 0 Å². The van der Waals surface area contributed by atoms with Gasteiger partial charge >= 0.3 is 6.03 Å². The number of carbonyl (C=O) groups excluding carboxylic acids is 3. The van der Waals surface area contributed by atoms with E-state index in [0.717, 1.165) is 10.5 Å². The summed E-state index contributed by atoms with van der Waals surface area (Å²) in [5.41, 5.74) is -0.0245. The summed E-state index contributed by atoms with van der Waals surface area (Å²) in [6.07, 6.45) is 0.253. The maximum atomic E-state index is 13.0. The quantitative estimate of drug-likeness (QED) is 0.593. The first-order valence-electron chi connectivity index (χ1n) is 9.38. The number of ether oxygens (including phenoxy) is 4. The van der Waals surface area contributed by atoms with E-state index in [1.807, 2.05) is 6.07 Å². The molecule has 0 aliphatic carbocycles. The molecular weight excluding hydrogens is 392 g/mol. The van der Waals surface area contributed by atoms with Crippen molar-refractivity contribution in [3.05, 3.63) is 47.5 Å². The van der Waals surface area contributed by atoms with E-state index < -0.39 is 17.5 Å². The van der Waals surface area contributed by atoms with Gasteiger partial charge in [-0.1, -0.05) is 6.07 Å². The Balaban J connectivity index is 1.31. The Morgan fingerprint density at radius 3 is 2.33 bits per heavy atom. The van der Waals surface area contributed by atoms with Crippen LogP contribution in [0.3, 0.4) is 0 Å². The highest BCUT2D eigenvalue weighted by Crippen LogP contribution is 2.35. The van der Waals surface area contributed by atoms with Crippen molar-refractivity contribution in [3.63, 3.8) is 0 Å². The van der Waals surface area contributed by atoms with Gasteiger partial charge in [-0.25, -0.2) is 4.79 Å². The number of fused-ring (bicyclic) bond motifs is 2. The summed E-state index contributed by atoms with van der Waals surface area (Å²) in [6, 6.07) is 9.53. The number of hydrogen-bond donors (Lipinski definition) is 1. The summed E-state index contributed by atoms with van der Waals surface area (Å²) in [4.78, 5) is 39.1. The molecule has 3 aliphatic heterocycles. The highest BCUT2D eigenvalue weighted by atomic mass is 16.7. The lowest BCUT2D eigenvalue weighted by Crippen LogP contribution is -2.46. The zero-order valence-electron chi connectivity index (χ0n) is 16.1. The fourth-order valence-corrected chi connectivity index (χ4v) is 3.77. The van der Waals surface area contributed by atoms with E-state index >= 15 is 0 Å². The summed E-state index contributed by atoms with van der Waals surface area (Å²) in [5, 5.41) is 2.71. The third-order valence-corrected chi connectivity index (χ3v) is 5.34. The number of ketones is 1. The number of nitrogens with zero attached hydrogens (tertiary/aromatic N) is 1. The van der Waals surface area contributed by atoms with Gasteiger partial charge in [0.1, 0.15) is 5.54 Å². The Morgan fingerprint density at radius 1 is 0.967 bits per heavy atom. The number of imide groups is 1. The molecule has 5 rings (SSSR count). The van der Waals surface area contributed by atoms with Crippen molar-refractivity contribution in [1.82, 2.24) is 10.2 Å². The summed E-state index contributed by atoms with van der Waals surface area (Å²) in [6.45, 7) is 1.53. The molecule has 0 unspecified atom stereocenters. The lowest BCUT2D eigenvalue weighted by Gasteiger charge is -2.21. The Kier molecular flexibility index (Phi) is 4.05. The van der Waals surface area contributed by atoms with Crippen LogP contribution in [0.25, 0.3) is 0 Å². The van der Waals surface area contributed by atoms with E-state index in [2.05, 4.69) is 5.32 Å². The van der Waals surface area contributed by atoms with E-state index in [4.69, 9.17) is 18.9 Å². The molecule has 0 saturated carbocycles. The van der Waals surface area contributed by atoms with E-state index in [0.29, 0.717) is 28.6 Å². The normalized spacial score (nSPS) is 21.2. The second kappa shape index (κ2) is 6.65. The summed E-state index contributed by atoms with van der Waals surface area (Å²) >= 11 is 0. The average molecular weight is 410 g/mol. The Hall–Kier alpha value is -3.75. The zero-order chi connectivity index (χ0) is 20.9. The van der Waals surface area contributed by atoms with Crippen molar-refractivity contribution in [2.45, 2.75) is 18.9 Å². The van der Waals surface area contributed by atoms with Crippen molar-refractivity contribution in [2.24, 2.45) is 0 Å². The van der Waals surface area contributed by atoms with Crippen LogP contribution < -0.4 is 24.3 Å². The minimum Gasteiger partial charge on any atom is -0.454 e. The zero-order valence-corrected chi connectivity index (χ0v) is 16.1. The monoisotopic (exact) mass is 410 g/mol. The predicted molar refractivity (Wildman–Crippen MR) is 102 cm³/mol. The molecule has 0 bridgehead atoms. The lowest BCUT2D eigenvalue weighted by atomic mass is 9.92. The molecule has 3 aliphatic rings. The molecule has 0 spiro atoms. The molecule has 1 fully saturated rings. The number of hydrogen-bond acceptors (Lipinski definition) is 7. The van der Waals surface area contributed by atoms with Crippen molar-refractivity contribution < 1.29 is 33.3 Å². The molecular formula is C21H18N2O7. The predicted octanol–water partition coefficient (Wildman–Crippen LogP) is 1.88. The smallest absolute Gasteiger partial charge is 0.325 e. The van der Waals surface area contributed by atoms with Gasteiger partial charge in [-0.15, -0.1) is 0 Å². The van der Waals surface area contributed by atoms with Crippen LogP contribution in [-0.4, -0.2) is 48.3 Å². The maximum Gasteiger partial charge on any atom is 0.325 e. The van der Waals surface area contributed by atoms with Gasteiger partial charge < -0.3 is 24.3 Å². The van der Waals surface area contributed by atoms with Crippen LogP contribution >= 0.6 is 0 Å². The van der Waals surface area contributed by atoms with E-state index in [1.54, 1.807) is 37.3 Å². The summed E-state index contributed by atoms with van der Waals surface area (Å²) in [5.74, 6) is 1.43. The van der Waals surface area contributed by atoms with Gasteiger partial charge in [0.05, 0.1) is 6.54 Å². The number of urea groups is 1. The fraction of sp³-hybridized carbons (Fsp3) is 0.286. The van der Waals surface area contributed by atoms with Crippen LogP contribution in [0.5, 0.6) is 23.0 Å². The molecule has 2 aromatic carbocycles. The minimum atomic E-state index is -1.17. The number of rotatable bonds is 5. The average Bonchev–Trinajstić information content (AvgIpc) is 3.42. The molecule has 9 nitrogen and oxygen atoms in total. The molecule has 0 radical (unpaired) electrons. The summed E-state index contributed by atoms with van der Waals surface area (Å²) in [7, 11) is 0. The van der Waals surface area contributed by atoms with Gasteiger partial charge in [-0.05, 0) is 42.8 Å². The molecule has 30 heavy (non-hydrogen) atoms. The Labute approximate surface area is 171 Å². The third kappa shape index (κ3) is 2.99. The highest BCUT2D eigenvalue weighted by Gasteiger charge is 2.48. The maximum absolute atomic E-state index is 13.0. The van der Waals surface area contributed by atoms with Crippen LogP contribution in [0, 0.1) is 0 Å². The number of Topliss-reactive ketones (excluding diaryl/α,β-unsaturated/α-hetero) is 1. The van der Waals surface area contributed by atoms with E-state index in [9.17, 15) is 14.4 Å². The SMILES string of the molecule is C[C@@]1(Cc2ccc3c(c2)OCO3)NC(=O)N(CC(=O)c2ccc3c(c2)OCO3)C1=O. The van der Waals surface area contributed by atoms with Crippen LogP contribution in [0.4, 0.5) is 4.79 Å². The first kappa shape index (κ1) is 18.3. The molecule has 3 amide bonds. The molecule has 1 atom stereocenters. The van der Waals surface area contributed by atoms with Gasteiger partial charge in [-0.3, -0.25) is 14.5 Å². The van der Waals surface area contributed by atoms with Crippen molar-refractivity contribution in [2.75, 3.05) is 20.1 Å². The lowest BCUT2D eigenvalue weighted by molar-refractivity contribution is -0.130. The second-order valence-electron chi connectivity index (χ2n) is 7.51. The molecule has 1 N–H and O–H groups in total. The molecule has 3 heterocycles. The Bertz CT molecular complexity index is 1080. The van der Waals surface area contributed by atoms with E-state index in [-0.39, 0.29) is 32.3 Å². The van der Waals surface area contributed by atoms with Crippen LogP contribution in [0.15, 0.2) is 36.4 Å². The van der Waals surface area contributed by atoms with Gasteiger partial charge in [0.15, 0.2) is 28.8 Å². The standard InChI is InChI=1S/C21H18N2O7/c1-21(8-12-2-4-15-17(6-12)29-10-27-15)19(25)23(20(26)22-21)9-14(24)13-3-5-16-18(7-13)30-11-28-16/h2-7H,8-11H2,1H3,(H,22,26)/t21-/m0/s1. The van der Waals surface area contributed by atoms with Gasteiger partial charge in [0, 0.05) is 12.0 Å². The Morgan fingerprint density at radius 2 is 1.60 bits per heavy atom. The number of benzene rings is 2. The minimum absolute atomic E-state index is 0.0954. The number of nitrogens with one attached hydrogen (secondary N) is 1. The largest absolute Gasteiger partial charge is 0.454 e. The molecule has 9 heteroatoms. The molecule has 0 aromatic heterocycles. The molecule has 154 valence electrons. The number of carbonyl (C=O) groups is 3. The van der Waals surface area contributed by atoms with Crippen molar-refractivity contribution >= 4 is 17.7 Å². The first-order chi connectivity index (χ1) is 14.4. The number of amides is 3. The topological polar surface area (TPSA) is 103 Å². The first-order valence-corrected chi connectivity index (χ1v) is 9.38. The molecule has 1 saturated heterocycles. The fourth-order valence-electron chi connectivity index (χ4n) is 3.77. The van der Waals surface area contributed by atoms with Crippen molar-refractivity contribution in [3.8, 4) is 23.0 Å². The van der Waals surface area contributed by atoms with E-state index in [1.165, 1.54) is 0 Å². The highest BCUT2D eigenvalue weighted by molar-refractivity contribution is 6.11. The van der Waals surface area contributed by atoms with Crippen molar-refractivity contribution in [1.29, 1.82) is 0 Å². The summed E-state index contributed by atoms with van der Waals surface area (Å²) < 4.78 is 21.2. The molecule has 2 aromatic rings. The van der Waals surface area contributed by atoms with Crippen LogP contribution in [0.2, 0.25) is 0 Å². The van der Waals surface area contributed by atoms with Crippen LogP contribution in [0.1, 0.15) is 22.8 Å². The van der Waals surface area contributed by atoms with Gasteiger partial charge in [0.2, 0.25) is 13.6 Å².